The highest BCUT2D eigenvalue weighted by Crippen LogP contribution is 2.35. The molecule has 1 heterocycles. The van der Waals surface area contributed by atoms with E-state index in [0.717, 1.165) is 38.1 Å². The van der Waals surface area contributed by atoms with Crippen molar-refractivity contribution in [1.29, 1.82) is 0 Å². The SMILES string of the molecule is COC1(C(O)Cc2ncnn2CC(C)C)CCCCC1. The molecule has 1 aromatic rings. The van der Waals surface area contributed by atoms with Crippen LogP contribution in [0.15, 0.2) is 6.33 Å². The molecular formula is C15H27N3O2. The first-order chi connectivity index (χ1) is 9.57. The predicted octanol–water partition coefficient (Wildman–Crippen LogP) is 2.19. The Morgan fingerprint density at radius 2 is 2.05 bits per heavy atom. The molecule has 1 atom stereocenters. The fourth-order valence-electron chi connectivity index (χ4n) is 3.13. The van der Waals surface area contributed by atoms with Crippen molar-refractivity contribution in [3.63, 3.8) is 0 Å². The molecule has 5 nitrogen and oxygen atoms in total. The summed E-state index contributed by atoms with van der Waals surface area (Å²) in [6.45, 7) is 5.14. The van der Waals surface area contributed by atoms with Crippen LogP contribution in [0.5, 0.6) is 0 Å². The van der Waals surface area contributed by atoms with Gasteiger partial charge in [-0.25, -0.2) is 9.67 Å². The number of aromatic nitrogens is 3. The topological polar surface area (TPSA) is 60.2 Å². The first-order valence-corrected chi connectivity index (χ1v) is 7.67. The number of aliphatic hydroxyl groups is 1. The van der Waals surface area contributed by atoms with Crippen LogP contribution < -0.4 is 0 Å². The average Bonchev–Trinajstić information content (AvgIpc) is 2.86. The summed E-state index contributed by atoms with van der Waals surface area (Å²) < 4.78 is 7.61. The lowest BCUT2D eigenvalue weighted by molar-refractivity contribution is -0.123. The van der Waals surface area contributed by atoms with E-state index in [1.54, 1.807) is 13.4 Å². The minimum Gasteiger partial charge on any atom is -0.390 e. The fourth-order valence-corrected chi connectivity index (χ4v) is 3.13. The van der Waals surface area contributed by atoms with Gasteiger partial charge in [-0.1, -0.05) is 33.1 Å². The van der Waals surface area contributed by atoms with Gasteiger partial charge in [-0.15, -0.1) is 0 Å². The van der Waals surface area contributed by atoms with Crippen molar-refractivity contribution < 1.29 is 9.84 Å². The molecule has 0 saturated heterocycles. The highest BCUT2D eigenvalue weighted by Gasteiger charge is 2.39. The van der Waals surface area contributed by atoms with Crippen molar-refractivity contribution in [3.05, 3.63) is 12.2 Å². The average molecular weight is 281 g/mol. The van der Waals surface area contributed by atoms with Crippen LogP contribution in [0, 0.1) is 5.92 Å². The molecule has 1 unspecified atom stereocenters. The zero-order valence-corrected chi connectivity index (χ0v) is 12.9. The van der Waals surface area contributed by atoms with Gasteiger partial charge in [0.15, 0.2) is 0 Å². The molecule has 1 N–H and O–H groups in total. The molecule has 0 radical (unpaired) electrons. The molecule has 1 saturated carbocycles. The van der Waals surface area contributed by atoms with Crippen LogP contribution >= 0.6 is 0 Å². The summed E-state index contributed by atoms with van der Waals surface area (Å²) in [6.07, 6.45) is 6.94. The Bertz CT molecular complexity index is 411. The summed E-state index contributed by atoms with van der Waals surface area (Å²) in [4.78, 5) is 4.31. The van der Waals surface area contributed by atoms with Gasteiger partial charge >= 0.3 is 0 Å². The zero-order chi connectivity index (χ0) is 14.6. The Balaban J connectivity index is 2.06. The van der Waals surface area contributed by atoms with Gasteiger partial charge in [0.25, 0.3) is 0 Å². The Hall–Kier alpha value is -0.940. The molecule has 2 rings (SSSR count). The lowest BCUT2D eigenvalue weighted by atomic mass is 9.79. The molecule has 0 bridgehead atoms. The molecule has 0 aromatic carbocycles. The summed E-state index contributed by atoms with van der Waals surface area (Å²) in [5, 5.41) is 14.9. The van der Waals surface area contributed by atoms with Crippen molar-refractivity contribution in [2.75, 3.05) is 7.11 Å². The third kappa shape index (κ3) is 3.38. The second kappa shape index (κ2) is 6.68. The zero-order valence-electron chi connectivity index (χ0n) is 12.9. The predicted molar refractivity (Wildman–Crippen MR) is 77.4 cm³/mol. The number of nitrogens with zero attached hydrogens (tertiary/aromatic N) is 3. The van der Waals surface area contributed by atoms with E-state index in [-0.39, 0.29) is 0 Å². The number of hydrogen-bond acceptors (Lipinski definition) is 4. The van der Waals surface area contributed by atoms with Crippen LogP contribution in [-0.2, 0) is 17.7 Å². The van der Waals surface area contributed by atoms with Crippen molar-refractivity contribution in [1.82, 2.24) is 14.8 Å². The van der Waals surface area contributed by atoms with Gasteiger partial charge in [0, 0.05) is 20.1 Å². The number of ether oxygens (including phenoxy) is 1. The molecule has 1 aliphatic carbocycles. The van der Waals surface area contributed by atoms with E-state index in [0.29, 0.717) is 12.3 Å². The Morgan fingerprint density at radius 1 is 1.35 bits per heavy atom. The summed E-state index contributed by atoms with van der Waals surface area (Å²) in [7, 11) is 1.72. The summed E-state index contributed by atoms with van der Waals surface area (Å²) in [5.41, 5.74) is -0.396. The van der Waals surface area contributed by atoms with Crippen LogP contribution in [0.25, 0.3) is 0 Å². The van der Waals surface area contributed by atoms with E-state index in [1.807, 2.05) is 4.68 Å². The molecule has 20 heavy (non-hydrogen) atoms. The maximum absolute atomic E-state index is 10.6. The molecule has 114 valence electrons. The smallest absolute Gasteiger partial charge is 0.138 e. The van der Waals surface area contributed by atoms with E-state index in [1.165, 1.54) is 6.42 Å². The van der Waals surface area contributed by atoms with Crippen molar-refractivity contribution in [2.24, 2.45) is 5.92 Å². The van der Waals surface area contributed by atoms with Crippen molar-refractivity contribution in [2.45, 2.75) is 70.6 Å². The van der Waals surface area contributed by atoms with Crippen LogP contribution in [-0.4, -0.2) is 38.7 Å². The first-order valence-electron chi connectivity index (χ1n) is 7.67. The van der Waals surface area contributed by atoms with Crippen LogP contribution in [0.1, 0.15) is 51.8 Å². The molecule has 1 fully saturated rings. The van der Waals surface area contributed by atoms with Gasteiger partial charge in [-0.2, -0.15) is 5.10 Å². The van der Waals surface area contributed by atoms with Gasteiger partial charge in [0.05, 0.1) is 11.7 Å². The number of hydrogen-bond donors (Lipinski definition) is 1. The largest absolute Gasteiger partial charge is 0.390 e. The molecular weight excluding hydrogens is 254 g/mol. The maximum atomic E-state index is 10.6. The normalized spacial score (nSPS) is 20.2. The van der Waals surface area contributed by atoms with E-state index in [2.05, 4.69) is 23.9 Å². The fraction of sp³-hybridized carbons (Fsp3) is 0.867. The molecule has 0 amide bonds. The Kier molecular flexibility index (Phi) is 5.16. The van der Waals surface area contributed by atoms with E-state index < -0.39 is 11.7 Å². The number of methoxy groups -OCH3 is 1. The van der Waals surface area contributed by atoms with Crippen LogP contribution in [0.2, 0.25) is 0 Å². The van der Waals surface area contributed by atoms with E-state index >= 15 is 0 Å². The first kappa shape index (κ1) is 15.4. The maximum Gasteiger partial charge on any atom is 0.138 e. The van der Waals surface area contributed by atoms with E-state index in [4.69, 9.17) is 4.74 Å². The van der Waals surface area contributed by atoms with Gasteiger partial charge in [0.2, 0.25) is 0 Å². The Labute approximate surface area is 121 Å². The molecule has 1 aliphatic rings. The van der Waals surface area contributed by atoms with Gasteiger partial charge < -0.3 is 9.84 Å². The summed E-state index contributed by atoms with van der Waals surface area (Å²) >= 11 is 0. The minimum atomic E-state index is -0.511. The summed E-state index contributed by atoms with van der Waals surface area (Å²) in [5.74, 6) is 1.37. The number of rotatable bonds is 6. The molecule has 5 heteroatoms. The summed E-state index contributed by atoms with van der Waals surface area (Å²) in [6, 6.07) is 0. The quantitative estimate of drug-likeness (QED) is 0.868. The standard InChI is InChI=1S/C15H27N3O2/c1-12(2)10-18-14(16-11-17-18)9-13(19)15(20-3)7-5-4-6-8-15/h11-13,19H,4-10H2,1-3H3. The van der Waals surface area contributed by atoms with Crippen LogP contribution in [0.3, 0.4) is 0 Å². The second-order valence-corrected chi connectivity index (χ2v) is 6.30. The van der Waals surface area contributed by atoms with Gasteiger partial charge in [-0.05, 0) is 18.8 Å². The third-order valence-electron chi connectivity index (χ3n) is 4.32. The van der Waals surface area contributed by atoms with E-state index in [9.17, 15) is 5.11 Å². The molecule has 1 aromatic heterocycles. The Morgan fingerprint density at radius 3 is 2.65 bits per heavy atom. The van der Waals surface area contributed by atoms with Crippen LogP contribution in [0.4, 0.5) is 0 Å². The lowest BCUT2D eigenvalue weighted by Crippen LogP contribution is -2.47. The lowest BCUT2D eigenvalue weighted by Gasteiger charge is -2.39. The van der Waals surface area contributed by atoms with Gasteiger partial charge in [0.1, 0.15) is 12.2 Å². The highest BCUT2D eigenvalue weighted by atomic mass is 16.5. The highest BCUT2D eigenvalue weighted by molar-refractivity contribution is 4.98. The molecule has 0 aliphatic heterocycles. The minimum absolute atomic E-state index is 0.396. The third-order valence-corrected chi connectivity index (χ3v) is 4.32. The second-order valence-electron chi connectivity index (χ2n) is 6.30. The van der Waals surface area contributed by atoms with Crippen molar-refractivity contribution in [3.8, 4) is 0 Å². The monoisotopic (exact) mass is 281 g/mol. The van der Waals surface area contributed by atoms with Gasteiger partial charge in [-0.3, -0.25) is 0 Å². The number of aliphatic hydroxyl groups excluding tert-OH is 1. The van der Waals surface area contributed by atoms with Crippen molar-refractivity contribution >= 4 is 0 Å². The molecule has 0 spiro atoms.